The van der Waals surface area contributed by atoms with Gasteiger partial charge < -0.3 is 4.98 Å². The van der Waals surface area contributed by atoms with Crippen LogP contribution in [0.15, 0.2) is 61.1 Å². The first-order valence-corrected chi connectivity index (χ1v) is 9.47. The van der Waals surface area contributed by atoms with Crippen molar-refractivity contribution in [2.24, 2.45) is 0 Å². The van der Waals surface area contributed by atoms with E-state index in [0.717, 1.165) is 42.4 Å². The predicted octanol–water partition coefficient (Wildman–Crippen LogP) is 3.52. The number of benzene rings is 1. The van der Waals surface area contributed by atoms with E-state index in [1.54, 1.807) is 12.4 Å². The van der Waals surface area contributed by atoms with Crippen LogP contribution < -0.4 is 0 Å². The van der Waals surface area contributed by atoms with Crippen molar-refractivity contribution in [2.75, 3.05) is 13.1 Å². The van der Waals surface area contributed by atoms with Gasteiger partial charge in [0.25, 0.3) is 0 Å². The monoisotopic (exact) mass is 358 g/mol. The quantitative estimate of drug-likeness (QED) is 0.606. The van der Waals surface area contributed by atoms with E-state index in [9.17, 15) is 0 Å². The summed E-state index contributed by atoms with van der Waals surface area (Å²) in [7, 11) is 0. The summed E-state index contributed by atoms with van der Waals surface area (Å²) in [5, 5.41) is 0. The Balaban J connectivity index is 1.34. The largest absolute Gasteiger partial charge is 0.342 e. The number of aromatic amines is 1. The molecule has 0 saturated carbocycles. The third kappa shape index (κ3) is 3.24. The van der Waals surface area contributed by atoms with E-state index in [2.05, 4.69) is 54.8 Å². The number of H-pyrrole nitrogens is 1. The Labute approximate surface area is 157 Å². The van der Waals surface area contributed by atoms with Crippen molar-refractivity contribution >= 4 is 11.0 Å². The molecule has 1 fully saturated rings. The van der Waals surface area contributed by atoms with Crippen LogP contribution >= 0.6 is 0 Å². The lowest BCUT2D eigenvalue weighted by Crippen LogP contribution is -2.34. The second-order valence-electron chi connectivity index (χ2n) is 7.13. The highest BCUT2D eigenvalue weighted by atomic mass is 15.2. The van der Waals surface area contributed by atoms with Crippen molar-refractivity contribution in [3.8, 4) is 5.95 Å². The molecule has 5 rings (SSSR count). The van der Waals surface area contributed by atoms with E-state index in [4.69, 9.17) is 4.98 Å². The van der Waals surface area contributed by atoms with E-state index < -0.39 is 0 Å². The van der Waals surface area contributed by atoms with Crippen molar-refractivity contribution in [1.29, 1.82) is 0 Å². The van der Waals surface area contributed by atoms with E-state index >= 15 is 0 Å². The van der Waals surface area contributed by atoms with Crippen LogP contribution in [-0.2, 0) is 6.54 Å². The second kappa shape index (κ2) is 6.96. The Hall–Kier alpha value is -2.99. The minimum absolute atomic E-state index is 0.447. The first-order valence-electron chi connectivity index (χ1n) is 9.47. The number of para-hydroxylation sites is 2. The molecule has 0 radical (unpaired) electrons. The maximum atomic E-state index is 4.83. The summed E-state index contributed by atoms with van der Waals surface area (Å²) >= 11 is 0. The minimum Gasteiger partial charge on any atom is -0.342 e. The normalized spacial score (nSPS) is 18.1. The molecular formula is C21H22N6. The fourth-order valence-electron chi connectivity index (χ4n) is 3.97. The summed E-state index contributed by atoms with van der Waals surface area (Å²) in [6.45, 7) is 3.01. The molecule has 0 aliphatic carbocycles. The zero-order chi connectivity index (χ0) is 18.1. The number of hydrogen-bond donors (Lipinski definition) is 1. The van der Waals surface area contributed by atoms with Crippen LogP contribution in [0, 0.1) is 0 Å². The molecule has 4 heterocycles. The number of nitrogens with zero attached hydrogens (tertiary/aromatic N) is 5. The molecule has 3 aromatic heterocycles. The van der Waals surface area contributed by atoms with Crippen molar-refractivity contribution in [1.82, 2.24) is 29.4 Å². The standard InChI is InChI=1S/C21H22N6/c1-2-9-19-18(8-1)24-20(25-19)16-6-3-12-26(14-16)15-17-7-4-13-27(17)21-22-10-5-11-23-21/h1-2,4-5,7-11,13,16H,3,6,12,14-15H2,(H,24,25)/t16-/m0/s1. The number of nitrogens with one attached hydrogen (secondary N) is 1. The summed E-state index contributed by atoms with van der Waals surface area (Å²) < 4.78 is 2.07. The molecule has 6 nitrogen and oxygen atoms in total. The third-order valence-electron chi connectivity index (χ3n) is 5.29. The lowest BCUT2D eigenvalue weighted by Gasteiger charge is -2.31. The van der Waals surface area contributed by atoms with Crippen LogP contribution in [0.5, 0.6) is 0 Å². The van der Waals surface area contributed by atoms with Crippen LogP contribution in [0.3, 0.4) is 0 Å². The zero-order valence-electron chi connectivity index (χ0n) is 15.1. The van der Waals surface area contributed by atoms with Crippen LogP contribution in [0.2, 0.25) is 0 Å². The fraction of sp³-hybridized carbons (Fsp3) is 0.286. The van der Waals surface area contributed by atoms with Gasteiger partial charge in [0, 0.05) is 43.3 Å². The van der Waals surface area contributed by atoms with E-state index in [-0.39, 0.29) is 0 Å². The summed E-state index contributed by atoms with van der Waals surface area (Å²) in [5.41, 5.74) is 3.39. The van der Waals surface area contributed by atoms with Crippen molar-refractivity contribution in [2.45, 2.75) is 25.3 Å². The Morgan fingerprint density at radius 3 is 2.81 bits per heavy atom. The second-order valence-corrected chi connectivity index (χ2v) is 7.13. The average Bonchev–Trinajstić information content (AvgIpc) is 3.36. The number of imidazole rings is 1. The third-order valence-corrected chi connectivity index (χ3v) is 5.29. The Kier molecular flexibility index (Phi) is 4.18. The summed E-state index contributed by atoms with van der Waals surface area (Å²) in [6, 6.07) is 14.3. The molecule has 1 aliphatic heterocycles. The SMILES string of the molecule is c1cnc(-n2cccc2CN2CCC[C@H](c3nc4ccccc4[nH]3)C2)nc1. The van der Waals surface area contributed by atoms with E-state index in [0.29, 0.717) is 5.92 Å². The summed E-state index contributed by atoms with van der Waals surface area (Å²) in [6.07, 6.45) is 7.96. The number of piperidine rings is 1. The van der Waals surface area contributed by atoms with Gasteiger partial charge in [0.1, 0.15) is 5.82 Å². The number of aromatic nitrogens is 5. The molecule has 0 amide bonds. The zero-order valence-corrected chi connectivity index (χ0v) is 15.1. The molecule has 4 aromatic rings. The number of likely N-dealkylation sites (tertiary alicyclic amines) is 1. The maximum Gasteiger partial charge on any atom is 0.233 e. The molecule has 1 saturated heterocycles. The first-order chi connectivity index (χ1) is 13.4. The molecule has 1 atom stereocenters. The van der Waals surface area contributed by atoms with Gasteiger partial charge in [0.05, 0.1) is 11.0 Å². The van der Waals surface area contributed by atoms with Gasteiger partial charge in [-0.2, -0.15) is 0 Å². The van der Waals surface area contributed by atoms with Gasteiger partial charge >= 0.3 is 0 Å². The smallest absolute Gasteiger partial charge is 0.233 e. The highest BCUT2D eigenvalue weighted by molar-refractivity contribution is 5.74. The van der Waals surface area contributed by atoms with Gasteiger partial charge in [0.15, 0.2) is 0 Å². The number of rotatable bonds is 4. The Morgan fingerprint density at radius 2 is 1.93 bits per heavy atom. The summed E-state index contributed by atoms with van der Waals surface area (Å²) in [4.78, 5) is 19.6. The Morgan fingerprint density at radius 1 is 1.04 bits per heavy atom. The predicted molar refractivity (Wildman–Crippen MR) is 105 cm³/mol. The summed E-state index contributed by atoms with van der Waals surface area (Å²) in [5.74, 6) is 2.29. The lowest BCUT2D eigenvalue weighted by molar-refractivity contribution is 0.194. The van der Waals surface area contributed by atoms with Crippen molar-refractivity contribution in [3.05, 3.63) is 72.6 Å². The molecule has 1 aromatic carbocycles. The Bertz CT molecular complexity index is 1000. The molecule has 136 valence electrons. The minimum atomic E-state index is 0.447. The highest BCUT2D eigenvalue weighted by Crippen LogP contribution is 2.27. The lowest BCUT2D eigenvalue weighted by atomic mass is 9.97. The average molecular weight is 358 g/mol. The van der Waals surface area contributed by atoms with Crippen molar-refractivity contribution < 1.29 is 0 Å². The van der Waals surface area contributed by atoms with E-state index in [1.807, 2.05) is 18.3 Å². The van der Waals surface area contributed by atoms with Crippen LogP contribution in [0.4, 0.5) is 0 Å². The fourth-order valence-corrected chi connectivity index (χ4v) is 3.97. The molecule has 0 unspecified atom stereocenters. The molecule has 6 heteroatoms. The van der Waals surface area contributed by atoms with Crippen LogP contribution in [-0.4, -0.2) is 42.5 Å². The maximum absolute atomic E-state index is 4.83. The molecular weight excluding hydrogens is 336 g/mol. The topological polar surface area (TPSA) is 62.6 Å². The van der Waals surface area contributed by atoms with E-state index in [1.165, 1.54) is 18.5 Å². The van der Waals surface area contributed by atoms with Gasteiger partial charge in [-0.15, -0.1) is 0 Å². The molecule has 1 aliphatic rings. The highest BCUT2D eigenvalue weighted by Gasteiger charge is 2.24. The van der Waals surface area contributed by atoms with Gasteiger partial charge in [-0.3, -0.25) is 9.47 Å². The van der Waals surface area contributed by atoms with Gasteiger partial charge in [-0.05, 0) is 49.7 Å². The van der Waals surface area contributed by atoms with Crippen LogP contribution in [0.1, 0.15) is 30.3 Å². The van der Waals surface area contributed by atoms with Crippen molar-refractivity contribution in [3.63, 3.8) is 0 Å². The van der Waals surface area contributed by atoms with Gasteiger partial charge in [-0.25, -0.2) is 15.0 Å². The molecule has 1 N–H and O–H groups in total. The molecule has 0 spiro atoms. The first kappa shape index (κ1) is 16.2. The molecule has 27 heavy (non-hydrogen) atoms. The number of fused-ring (bicyclic) bond motifs is 1. The van der Waals surface area contributed by atoms with Gasteiger partial charge in [-0.1, -0.05) is 12.1 Å². The van der Waals surface area contributed by atoms with Gasteiger partial charge in [0.2, 0.25) is 5.95 Å². The van der Waals surface area contributed by atoms with Crippen LogP contribution in [0.25, 0.3) is 17.0 Å². The molecule has 0 bridgehead atoms. The number of hydrogen-bond acceptors (Lipinski definition) is 4.